The predicted molar refractivity (Wildman–Crippen MR) is 77.8 cm³/mol. The first-order valence-corrected chi connectivity index (χ1v) is 9.80. The molecule has 110 valence electrons. The zero-order valence-corrected chi connectivity index (χ0v) is 13.0. The highest BCUT2D eigenvalue weighted by Crippen LogP contribution is 2.26. The minimum atomic E-state index is -3.25. The molecule has 4 nitrogen and oxygen atoms in total. The first-order valence-electron chi connectivity index (χ1n) is 6.59. The maximum atomic E-state index is 12.1. The zero-order chi connectivity index (χ0) is 14.8. The van der Waals surface area contributed by atoms with Crippen molar-refractivity contribution in [2.24, 2.45) is 5.92 Å². The van der Waals surface area contributed by atoms with Crippen LogP contribution in [-0.2, 0) is 25.4 Å². The fraction of sp³-hybridized carbons (Fsp3) is 0.500. The van der Waals surface area contributed by atoms with Crippen LogP contribution in [0.5, 0.6) is 0 Å². The van der Waals surface area contributed by atoms with E-state index in [4.69, 9.17) is 0 Å². The highest BCUT2D eigenvalue weighted by molar-refractivity contribution is 7.90. The number of benzene rings is 1. The SMILES string of the molecule is CS(=O)(=O)c1ccc(S(=O)CC(=O)C2CCCC2)cc1. The molecule has 1 atom stereocenters. The third-order valence-corrected chi connectivity index (χ3v) is 6.07. The molecule has 0 aromatic heterocycles. The van der Waals surface area contributed by atoms with Gasteiger partial charge in [-0.3, -0.25) is 9.00 Å². The van der Waals surface area contributed by atoms with Crippen molar-refractivity contribution in [1.29, 1.82) is 0 Å². The van der Waals surface area contributed by atoms with Crippen LogP contribution < -0.4 is 0 Å². The van der Waals surface area contributed by atoms with Crippen LogP contribution >= 0.6 is 0 Å². The van der Waals surface area contributed by atoms with Gasteiger partial charge in [0, 0.05) is 17.1 Å². The minimum Gasteiger partial charge on any atom is -0.298 e. The summed E-state index contributed by atoms with van der Waals surface area (Å²) >= 11 is 0. The summed E-state index contributed by atoms with van der Waals surface area (Å²) in [5, 5.41) is 0. The standard InChI is InChI=1S/C14H18O4S2/c1-20(17,18)13-8-6-12(7-9-13)19(16)10-14(15)11-4-2-3-5-11/h6-9,11H,2-5,10H2,1H3. The number of hydrogen-bond acceptors (Lipinski definition) is 4. The molecule has 1 fully saturated rings. The first kappa shape index (κ1) is 15.4. The summed E-state index contributed by atoms with van der Waals surface area (Å²) in [4.78, 5) is 12.7. The first-order chi connectivity index (χ1) is 9.38. The topological polar surface area (TPSA) is 68.3 Å². The smallest absolute Gasteiger partial charge is 0.175 e. The molecule has 2 rings (SSSR count). The molecule has 1 aliphatic rings. The molecule has 0 amide bonds. The van der Waals surface area contributed by atoms with Crippen LogP contribution in [0.1, 0.15) is 25.7 Å². The van der Waals surface area contributed by atoms with Crippen LogP contribution in [0.2, 0.25) is 0 Å². The van der Waals surface area contributed by atoms with E-state index in [0.717, 1.165) is 31.9 Å². The van der Waals surface area contributed by atoms with Gasteiger partial charge in [0.15, 0.2) is 9.84 Å². The third-order valence-electron chi connectivity index (χ3n) is 3.60. The molecular formula is C14H18O4S2. The lowest BCUT2D eigenvalue weighted by Crippen LogP contribution is -2.18. The van der Waals surface area contributed by atoms with Gasteiger partial charge in [-0.1, -0.05) is 12.8 Å². The van der Waals surface area contributed by atoms with Gasteiger partial charge >= 0.3 is 0 Å². The van der Waals surface area contributed by atoms with E-state index in [2.05, 4.69) is 0 Å². The zero-order valence-electron chi connectivity index (χ0n) is 11.4. The average molecular weight is 314 g/mol. The van der Waals surface area contributed by atoms with E-state index in [9.17, 15) is 17.4 Å². The molecule has 0 spiro atoms. The molecule has 1 aliphatic carbocycles. The second-order valence-electron chi connectivity index (χ2n) is 5.18. The molecule has 1 aromatic carbocycles. The highest BCUT2D eigenvalue weighted by atomic mass is 32.2. The second kappa shape index (κ2) is 6.18. The molecule has 0 N–H and O–H groups in total. The van der Waals surface area contributed by atoms with Crippen LogP contribution in [0.4, 0.5) is 0 Å². The number of carbonyl (C=O) groups is 1. The number of Topliss-reactive ketones (excluding diaryl/α,β-unsaturated/α-hetero) is 1. The maximum Gasteiger partial charge on any atom is 0.175 e. The van der Waals surface area contributed by atoms with Gasteiger partial charge in [-0.2, -0.15) is 0 Å². The van der Waals surface area contributed by atoms with Crippen molar-refractivity contribution in [3.8, 4) is 0 Å². The van der Waals surface area contributed by atoms with E-state index in [0.29, 0.717) is 4.90 Å². The van der Waals surface area contributed by atoms with E-state index < -0.39 is 20.6 Å². The number of rotatable bonds is 5. The van der Waals surface area contributed by atoms with Crippen molar-refractivity contribution in [3.05, 3.63) is 24.3 Å². The fourth-order valence-electron chi connectivity index (χ4n) is 2.42. The normalized spacial score (nSPS) is 18.1. The highest BCUT2D eigenvalue weighted by Gasteiger charge is 2.24. The largest absolute Gasteiger partial charge is 0.298 e. The summed E-state index contributed by atoms with van der Waals surface area (Å²) < 4.78 is 34.8. The molecule has 6 heteroatoms. The molecule has 0 bridgehead atoms. The Kier molecular flexibility index (Phi) is 4.75. The van der Waals surface area contributed by atoms with Gasteiger partial charge in [0.25, 0.3) is 0 Å². The Morgan fingerprint density at radius 2 is 1.75 bits per heavy atom. The van der Waals surface area contributed by atoms with Gasteiger partial charge < -0.3 is 0 Å². The van der Waals surface area contributed by atoms with Crippen molar-refractivity contribution in [3.63, 3.8) is 0 Å². The number of sulfone groups is 1. The Hall–Kier alpha value is -1.01. The summed E-state index contributed by atoms with van der Waals surface area (Å²) in [5.41, 5.74) is 0. The van der Waals surface area contributed by atoms with E-state index >= 15 is 0 Å². The van der Waals surface area contributed by atoms with E-state index in [-0.39, 0.29) is 22.3 Å². The van der Waals surface area contributed by atoms with Crippen molar-refractivity contribution >= 4 is 26.4 Å². The number of carbonyl (C=O) groups excluding carboxylic acids is 1. The van der Waals surface area contributed by atoms with Gasteiger partial charge in [-0.05, 0) is 37.1 Å². The van der Waals surface area contributed by atoms with Crippen molar-refractivity contribution < 1.29 is 17.4 Å². The monoisotopic (exact) mass is 314 g/mol. The molecule has 0 aliphatic heterocycles. The predicted octanol–water partition coefficient (Wildman–Crippen LogP) is 1.96. The van der Waals surface area contributed by atoms with Crippen molar-refractivity contribution in [2.75, 3.05) is 12.0 Å². The Bertz CT molecular complexity index is 611. The summed E-state index contributed by atoms with van der Waals surface area (Å²) in [5.74, 6) is 0.158. The average Bonchev–Trinajstić information content (AvgIpc) is 2.91. The van der Waals surface area contributed by atoms with Gasteiger partial charge in [0.1, 0.15) is 5.78 Å². The summed E-state index contributed by atoms with van der Waals surface area (Å²) in [6.07, 6.45) is 5.09. The van der Waals surface area contributed by atoms with Crippen LogP contribution in [-0.4, -0.2) is 30.4 Å². The minimum absolute atomic E-state index is 0.0306. The molecule has 0 radical (unpaired) electrons. The lowest BCUT2D eigenvalue weighted by molar-refractivity contribution is -0.120. The van der Waals surface area contributed by atoms with Gasteiger partial charge in [0.05, 0.1) is 21.4 Å². The summed E-state index contributed by atoms with van der Waals surface area (Å²) in [6.45, 7) is 0. The van der Waals surface area contributed by atoms with Crippen LogP contribution in [0, 0.1) is 5.92 Å². The molecule has 1 saturated carbocycles. The molecule has 0 heterocycles. The lowest BCUT2D eigenvalue weighted by atomic mass is 10.0. The lowest BCUT2D eigenvalue weighted by Gasteiger charge is -2.08. The third kappa shape index (κ3) is 3.76. The Balaban J connectivity index is 2.04. The summed E-state index contributed by atoms with van der Waals surface area (Å²) in [6, 6.07) is 5.91. The maximum absolute atomic E-state index is 12.1. The van der Waals surface area contributed by atoms with E-state index in [1.54, 1.807) is 0 Å². The molecule has 1 aromatic rings. The second-order valence-corrected chi connectivity index (χ2v) is 8.65. The van der Waals surface area contributed by atoms with E-state index in [1.165, 1.54) is 24.3 Å². The van der Waals surface area contributed by atoms with Crippen LogP contribution in [0.25, 0.3) is 0 Å². The molecule has 20 heavy (non-hydrogen) atoms. The molecule has 0 saturated heterocycles. The number of ketones is 1. The summed E-state index contributed by atoms with van der Waals surface area (Å²) in [7, 11) is -4.64. The van der Waals surface area contributed by atoms with Crippen LogP contribution in [0.3, 0.4) is 0 Å². The Labute approximate surface area is 122 Å². The fourth-order valence-corrected chi connectivity index (χ4v) is 4.15. The Morgan fingerprint density at radius 3 is 2.25 bits per heavy atom. The van der Waals surface area contributed by atoms with Crippen LogP contribution in [0.15, 0.2) is 34.1 Å². The van der Waals surface area contributed by atoms with Gasteiger partial charge in [-0.25, -0.2) is 8.42 Å². The van der Waals surface area contributed by atoms with Crippen molar-refractivity contribution in [1.82, 2.24) is 0 Å². The van der Waals surface area contributed by atoms with Crippen molar-refractivity contribution in [2.45, 2.75) is 35.5 Å². The quantitative estimate of drug-likeness (QED) is 0.833. The van der Waals surface area contributed by atoms with E-state index in [1.807, 2.05) is 0 Å². The van der Waals surface area contributed by atoms with Gasteiger partial charge in [-0.15, -0.1) is 0 Å². The number of hydrogen-bond donors (Lipinski definition) is 0. The Morgan fingerprint density at radius 1 is 1.20 bits per heavy atom. The molecule has 1 unspecified atom stereocenters. The molecular weight excluding hydrogens is 296 g/mol. The van der Waals surface area contributed by atoms with Gasteiger partial charge in [0.2, 0.25) is 0 Å².